The van der Waals surface area contributed by atoms with Gasteiger partial charge in [0.15, 0.2) is 23.5 Å². The number of aromatic nitrogens is 1. The molecular weight excluding hydrogens is 538 g/mol. The number of amidine groups is 2. The van der Waals surface area contributed by atoms with Gasteiger partial charge in [-0.1, -0.05) is 23.7 Å². The van der Waals surface area contributed by atoms with Crippen LogP contribution in [0.25, 0.3) is 0 Å². The number of nitrogens with zero attached hydrogens (tertiary/aromatic N) is 2. The molecule has 4 N–H and O–H groups in total. The number of carbonyl (C=O) groups is 1. The number of aliphatic carboxylic acids is 1. The lowest BCUT2D eigenvalue weighted by Crippen LogP contribution is -2.42. The number of nitrogens with one attached hydrogen (secondary N) is 1. The summed E-state index contributed by atoms with van der Waals surface area (Å²) >= 11 is 6.33. The van der Waals surface area contributed by atoms with Crippen LogP contribution in [0.3, 0.4) is 0 Å². The molecule has 206 valence electrons. The van der Waals surface area contributed by atoms with Crippen molar-refractivity contribution in [3.05, 3.63) is 70.4 Å². The summed E-state index contributed by atoms with van der Waals surface area (Å²) in [5.74, 6) is -1.02. The highest BCUT2D eigenvalue weighted by Gasteiger charge is 2.39. The minimum Gasteiger partial charge on any atom is -0.493 e. The topological polar surface area (TPSA) is 144 Å². The molecule has 3 aromatic rings. The van der Waals surface area contributed by atoms with Crippen LogP contribution in [-0.4, -0.2) is 59.1 Å². The Balaban J connectivity index is 1.87. The summed E-state index contributed by atoms with van der Waals surface area (Å²) < 4.78 is 52.0. The molecule has 0 fully saturated rings. The first-order valence-corrected chi connectivity index (χ1v) is 12.1. The highest BCUT2D eigenvalue weighted by molar-refractivity contribution is 6.30. The van der Waals surface area contributed by atoms with E-state index in [9.17, 15) is 13.6 Å². The molecule has 10 nitrogen and oxygen atoms in total. The molecule has 1 aliphatic heterocycles. The van der Waals surface area contributed by atoms with Crippen LogP contribution in [0.4, 0.5) is 14.5 Å². The van der Waals surface area contributed by atoms with Gasteiger partial charge in [0, 0.05) is 22.6 Å². The molecule has 0 amide bonds. The normalized spacial score (nSPS) is 17.1. The van der Waals surface area contributed by atoms with Crippen LogP contribution in [0.2, 0.25) is 5.02 Å². The first kappa shape index (κ1) is 28.0. The molecule has 2 aromatic carbocycles. The van der Waals surface area contributed by atoms with Gasteiger partial charge < -0.3 is 29.5 Å². The predicted molar refractivity (Wildman–Crippen MR) is 137 cm³/mol. The van der Waals surface area contributed by atoms with Crippen molar-refractivity contribution >= 4 is 34.9 Å². The largest absolute Gasteiger partial charge is 0.493 e. The van der Waals surface area contributed by atoms with E-state index in [2.05, 4.69) is 4.98 Å². The zero-order valence-corrected chi connectivity index (χ0v) is 21.7. The zero-order valence-electron chi connectivity index (χ0n) is 21.0. The Morgan fingerprint density at radius 1 is 1.26 bits per heavy atom. The fourth-order valence-electron chi connectivity index (χ4n) is 4.35. The lowest BCUT2D eigenvalue weighted by Gasteiger charge is -2.24. The van der Waals surface area contributed by atoms with E-state index >= 15 is 0 Å². The molecule has 0 saturated carbocycles. The van der Waals surface area contributed by atoms with Gasteiger partial charge in [0.25, 0.3) is 0 Å². The highest BCUT2D eigenvalue weighted by Crippen LogP contribution is 2.44. The fraction of sp³-hybridized carbons (Fsp3) is 0.308. The Morgan fingerprint density at radius 2 is 2.03 bits per heavy atom. The second kappa shape index (κ2) is 11.8. The van der Waals surface area contributed by atoms with Crippen molar-refractivity contribution in [3.8, 4) is 11.5 Å². The Labute approximate surface area is 227 Å². The summed E-state index contributed by atoms with van der Waals surface area (Å²) in [6.45, 7) is 0. The highest BCUT2D eigenvalue weighted by atomic mass is 35.5. The van der Waals surface area contributed by atoms with Gasteiger partial charge in [-0.25, -0.2) is 4.98 Å². The second-order valence-corrected chi connectivity index (χ2v) is 8.99. The third kappa shape index (κ3) is 5.86. The number of ether oxygens (including phenoxy) is 3. The molecule has 2 atom stereocenters. The van der Waals surface area contributed by atoms with Gasteiger partial charge in [-0.2, -0.15) is 18.8 Å². The molecule has 0 spiro atoms. The van der Waals surface area contributed by atoms with Crippen LogP contribution in [0.15, 0.2) is 47.0 Å². The van der Waals surface area contributed by atoms with E-state index in [0.29, 0.717) is 33.4 Å². The summed E-state index contributed by atoms with van der Waals surface area (Å²) in [6, 6.07) is 9.69. The molecule has 0 bridgehead atoms. The number of alkyl halides is 2. The molecule has 13 heteroatoms. The smallest absolute Gasteiger partial charge is 0.325 e. The van der Waals surface area contributed by atoms with E-state index in [0.717, 1.165) is 4.58 Å². The van der Waals surface area contributed by atoms with Crippen molar-refractivity contribution in [2.24, 2.45) is 5.73 Å². The molecule has 4 rings (SSSR count). The maximum Gasteiger partial charge on any atom is 0.325 e. The van der Waals surface area contributed by atoms with Gasteiger partial charge in [-0.15, -0.1) is 0 Å². The van der Waals surface area contributed by atoms with Crippen molar-refractivity contribution in [3.63, 3.8) is 0 Å². The van der Waals surface area contributed by atoms with E-state index in [-0.39, 0.29) is 36.7 Å². The standard InChI is InChI=1S/C26H25ClF2N4O6/c1-36-18-5-3-4-15(23(18)37-2)22-16-10-13(27)6-8-17(16)33(26(31)24(28)29)25(30)19(39-22)11-20-32-12-14(38-20)7-9-21(34)35/h3-6,8,10,12,19,22,24,30-31H,7,9,11H2,1-2H3,(H,34,35)/p+1/t19-,22?/m0/s1. The molecule has 39 heavy (non-hydrogen) atoms. The molecule has 0 radical (unpaired) electrons. The van der Waals surface area contributed by atoms with Crippen molar-refractivity contribution in [2.75, 3.05) is 14.2 Å². The molecule has 0 saturated heterocycles. The van der Waals surface area contributed by atoms with Gasteiger partial charge in [0.05, 0.1) is 33.3 Å². The Morgan fingerprint density at radius 3 is 2.69 bits per heavy atom. The van der Waals surface area contributed by atoms with Crippen molar-refractivity contribution < 1.29 is 41.9 Å². The number of fused-ring (bicyclic) bond motifs is 1. The van der Waals surface area contributed by atoms with Gasteiger partial charge in [0.2, 0.25) is 5.84 Å². The minimum absolute atomic E-state index is 0.101. The average molecular weight is 564 g/mol. The number of benzene rings is 2. The van der Waals surface area contributed by atoms with E-state index in [4.69, 9.17) is 46.5 Å². The summed E-state index contributed by atoms with van der Waals surface area (Å²) in [5, 5.41) is 17.4. The Kier molecular flexibility index (Phi) is 8.46. The number of rotatable bonds is 9. The van der Waals surface area contributed by atoms with Crippen LogP contribution in [0, 0.1) is 5.41 Å². The lowest BCUT2D eigenvalue weighted by atomic mass is 9.98. The number of carboxylic acid groups (broad SMARTS) is 1. The average Bonchev–Trinajstić information content (AvgIpc) is 3.32. The molecule has 1 aromatic heterocycles. The molecular formula is C26H26ClF2N4O6+. The summed E-state index contributed by atoms with van der Waals surface area (Å²) in [5.41, 5.74) is 7.48. The lowest BCUT2D eigenvalue weighted by molar-refractivity contribution is -0.324. The predicted octanol–water partition coefficient (Wildman–Crippen LogP) is 4.34. The fourth-order valence-corrected chi connectivity index (χ4v) is 4.54. The number of hydrogen-bond donors (Lipinski definition) is 3. The van der Waals surface area contributed by atoms with Gasteiger partial charge >= 0.3 is 18.2 Å². The maximum absolute atomic E-state index is 13.9. The first-order chi connectivity index (χ1) is 18.6. The quantitative estimate of drug-likeness (QED) is 0.198. The first-order valence-electron chi connectivity index (χ1n) is 11.7. The number of nitrogens with two attached hydrogens (primary N) is 1. The van der Waals surface area contributed by atoms with Crippen molar-refractivity contribution in [1.29, 1.82) is 5.41 Å². The number of para-hydroxylation sites is 1. The number of aryl methyl sites for hydroxylation is 1. The van der Waals surface area contributed by atoms with Gasteiger partial charge in [0.1, 0.15) is 17.6 Å². The van der Waals surface area contributed by atoms with Crippen molar-refractivity contribution in [1.82, 2.24) is 4.98 Å². The second-order valence-electron chi connectivity index (χ2n) is 8.56. The monoisotopic (exact) mass is 563 g/mol. The Hall–Kier alpha value is -4.03. The van der Waals surface area contributed by atoms with E-state index in [1.807, 2.05) is 0 Å². The molecule has 0 aliphatic carbocycles. The van der Waals surface area contributed by atoms with E-state index in [1.165, 1.54) is 32.5 Å². The van der Waals surface area contributed by atoms with Gasteiger partial charge in [-0.3, -0.25) is 4.79 Å². The van der Waals surface area contributed by atoms with E-state index in [1.54, 1.807) is 24.3 Å². The summed E-state index contributed by atoms with van der Waals surface area (Å²) in [6.07, 6.45) is -3.97. The number of halogens is 3. The molecule has 1 aliphatic rings. The van der Waals surface area contributed by atoms with Crippen molar-refractivity contribution in [2.45, 2.75) is 37.9 Å². The SMILES string of the molecule is COc1cccc(C2O[C@@H](Cc3ncc(CCC(=O)O)o3)C(N)=[N+](C(=N)C(F)F)c3ccc(Cl)cc32)c1OC. The Bertz CT molecular complexity index is 1430. The molecule has 2 heterocycles. The number of hydrogen-bond acceptors (Lipinski definition) is 8. The number of carboxylic acids is 1. The number of methoxy groups -OCH3 is 2. The summed E-state index contributed by atoms with van der Waals surface area (Å²) in [4.78, 5) is 15.1. The number of oxazole rings is 1. The van der Waals surface area contributed by atoms with E-state index < -0.39 is 30.4 Å². The van der Waals surface area contributed by atoms with Crippen LogP contribution in [-0.2, 0) is 22.4 Å². The zero-order chi connectivity index (χ0) is 28.3. The maximum atomic E-state index is 13.9. The third-order valence-electron chi connectivity index (χ3n) is 6.11. The van der Waals surface area contributed by atoms with Crippen LogP contribution in [0.1, 0.15) is 35.3 Å². The third-order valence-corrected chi connectivity index (χ3v) is 6.35. The van der Waals surface area contributed by atoms with Crippen LogP contribution < -0.4 is 15.2 Å². The summed E-state index contributed by atoms with van der Waals surface area (Å²) in [7, 11) is 2.93. The van der Waals surface area contributed by atoms with Gasteiger partial charge in [-0.05, 0) is 24.3 Å². The molecule has 1 unspecified atom stereocenters. The van der Waals surface area contributed by atoms with Crippen LogP contribution >= 0.6 is 11.6 Å². The van der Waals surface area contributed by atoms with Crippen LogP contribution in [0.5, 0.6) is 11.5 Å². The minimum atomic E-state index is -3.15.